The Balaban J connectivity index is 1.77. The number of carbonyl (C=O) groups excluding carboxylic acids is 2. The molecule has 3 heterocycles. The van der Waals surface area contributed by atoms with E-state index in [1.54, 1.807) is 12.1 Å². The fourth-order valence-electron chi connectivity index (χ4n) is 4.66. The topological polar surface area (TPSA) is 75.7 Å². The molecule has 1 atom stereocenters. The van der Waals surface area contributed by atoms with Crippen molar-refractivity contribution in [2.45, 2.75) is 26.4 Å². The van der Waals surface area contributed by atoms with Gasteiger partial charge in [0.15, 0.2) is 0 Å². The van der Waals surface area contributed by atoms with Crippen molar-refractivity contribution in [3.8, 4) is 0 Å². The van der Waals surface area contributed by atoms with Crippen molar-refractivity contribution in [1.29, 1.82) is 0 Å². The zero-order valence-electron chi connectivity index (χ0n) is 18.7. The minimum Gasteiger partial charge on any atom is -0.507 e. The molecule has 1 aliphatic heterocycles. The van der Waals surface area contributed by atoms with Gasteiger partial charge in [-0.25, -0.2) is 0 Å². The van der Waals surface area contributed by atoms with Crippen LogP contribution in [-0.4, -0.2) is 26.3 Å². The Hall–Kier alpha value is -4.06. The Bertz CT molecular complexity index is 1430. The number of para-hydroxylation sites is 1. The standard InChI is InChI=1S/C27H24N2O4/c1-16-10-11-17(2)20(13-16)25(30)23-24(21-15-28(3)22-9-5-4-8-19(21)22)29(27(32)26(23)31)14-18-7-6-12-33-18/h4-13,15,24,30H,14H2,1-3H3/b25-23+. The lowest BCUT2D eigenvalue weighted by Gasteiger charge is -2.24. The maximum Gasteiger partial charge on any atom is 0.296 e. The van der Waals surface area contributed by atoms with Crippen molar-refractivity contribution in [2.24, 2.45) is 7.05 Å². The number of amides is 1. The molecular weight excluding hydrogens is 416 g/mol. The summed E-state index contributed by atoms with van der Waals surface area (Å²) in [7, 11) is 1.93. The summed E-state index contributed by atoms with van der Waals surface area (Å²) in [5, 5.41) is 12.3. The van der Waals surface area contributed by atoms with Gasteiger partial charge >= 0.3 is 0 Å². The number of aliphatic hydroxyl groups is 1. The molecule has 0 saturated carbocycles. The summed E-state index contributed by atoms with van der Waals surface area (Å²) in [4.78, 5) is 28.1. The molecule has 2 aromatic carbocycles. The second kappa shape index (κ2) is 7.81. The number of ketones is 1. The third-order valence-electron chi connectivity index (χ3n) is 6.32. The molecule has 0 bridgehead atoms. The molecule has 0 spiro atoms. The number of aromatic nitrogens is 1. The van der Waals surface area contributed by atoms with Crippen molar-refractivity contribution >= 4 is 28.4 Å². The van der Waals surface area contributed by atoms with Crippen LogP contribution in [0.5, 0.6) is 0 Å². The van der Waals surface area contributed by atoms with Crippen LogP contribution in [0.4, 0.5) is 0 Å². The number of aliphatic hydroxyl groups excluding tert-OH is 1. The van der Waals surface area contributed by atoms with Gasteiger partial charge in [0, 0.05) is 35.3 Å². The smallest absolute Gasteiger partial charge is 0.296 e. The quantitative estimate of drug-likeness (QED) is 0.275. The van der Waals surface area contributed by atoms with Crippen molar-refractivity contribution < 1.29 is 19.1 Å². The first-order valence-corrected chi connectivity index (χ1v) is 10.8. The van der Waals surface area contributed by atoms with Crippen LogP contribution in [0.3, 0.4) is 0 Å². The highest BCUT2D eigenvalue weighted by atomic mass is 16.3. The predicted molar refractivity (Wildman–Crippen MR) is 125 cm³/mol. The molecule has 5 rings (SSSR count). The van der Waals surface area contributed by atoms with E-state index in [1.165, 1.54) is 11.2 Å². The average Bonchev–Trinajstić information content (AvgIpc) is 3.50. The molecule has 1 saturated heterocycles. The van der Waals surface area contributed by atoms with Gasteiger partial charge in [0.25, 0.3) is 11.7 Å². The van der Waals surface area contributed by atoms with Gasteiger partial charge in [0.05, 0.1) is 24.4 Å². The summed E-state index contributed by atoms with van der Waals surface area (Å²) < 4.78 is 7.45. The van der Waals surface area contributed by atoms with Crippen LogP contribution in [-0.2, 0) is 23.2 Å². The number of benzene rings is 2. The van der Waals surface area contributed by atoms with E-state index >= 15 is 0 Å². The molecule has 166 valence electrons. The Morgan fingerprint density at radius 1 is 1.06 bits per heavy atom. The number of hydrogen-bond donors (Lipinski definition) is 1. The highest BCUT2D eigenvalue weighted by Crippen LogP contribution is 2.43. The number of aryl methyl sites for hydroxylation is 3. The predicted octanol–water partition coefficient (Wildman–Crippen LogP) is 5.01. The maximum absolute atomic E-state index is 13.3. The average molecular weight is 440 g/mol. The van der Waals surface area contributed by atoms with Crippen LogP contribution in [0.25, 0.3) is 16.7 Å². The van der Waals surface area contributed by atoms with E-state index in [4.69, 9.17) is 4.42 Å². The van der Waals surface area contributed by atoms with Gasteiger partial charge in [-0.3, -0.25) is 9.59 Å². The largest absolute Gasteiger partial charge is 0.507 e. The molecule has 6 heteroatoms. The number of rotatable bonds is 4. The highest BCUT2D eigenvalue weighted by Gasteiger charge is 2.47. The second-order valence-electron chi connectivity index (χ2n) is 8.54. The minimum absolute atomic E-state index is 0.0941. The second-order valence-corrected chi connectivity index (χ2v) is 8.54. The van der Waals surface area contributed by atoms with Gasteiger partial charge in [-0.2, -0.15) is 0 Å². The van der Waals surface area contributed by atoms with Crippen LogP contribution in [0.15, 0.2) is 77.0 Å². The number of likely N-dealkylation sites (tertiary alicyclic amines) is 1. The normalized spacial score (nSPS) is 17.9. The summed E-state index contributed by atoms with van der Waals surface area (Å²) >= 11 is 0. The van der Waals surface area contributed by atoms with Crippen molar-refractivity contribution in [3.05, 3.63) is 101 Å². The van der Waals surface area contributed by atoms with Gasteiger partial charge in [-0.05, 0) is 43.7 Å². The number of Topliss-reactive ketones (excluding diaryl/α,β-unsaturated/α-hetero) is 1. The van der Waals surface area contributed by atoms with Crippen LogP contribution < -0.4 is 0 Å². The van der Waals surface area contributed by atoms with Crippen LogP contribution in [0.1, 0.15) is 34.1 Å². The molecule has 1 amide bonds. The summed E-state index contributed by atoms with van der Waals surface area (Å²) in [6.45, 7) is 3.92. The lowest BCUT2D eigenvalue weighted by atomic mass is 9.93. The lowest BCUT2D eigenvalue weighted by molar-refractivity contribution is -0.140. The van der Waals surface area contributed by atoms with Crippen molar-refractivity contribution in [3.63, 3.8) is 0 Å². The molecule has 4 aromatic rings. The van der Waals surface area contributed by atoms with E-state index in [-0.39, 0.29) is 17.9 Å². The van der Waals surface area contributed by atoms with Crippen LogP contribution in [0.2, 0.25) is 0 Å². The number of furan rings is 1. The molecule has 1 aliphatic rings. The van der Waals surface area contributed by atoms with Gasteiger partial charge in [-0.1, -0.05) is 35.9 Å². The van der Waals surface area contributed by atoms with Crippen molar-refractivity contribution in [1.82, 2.24) is 9.47 Å². The molecule has 2 aromatic heterocycles. The van der Waals surface area contributed by atoms with Gasteiger partial charge in [-0.15, -0.1) is 0 Å². The minimum atomic E-state index is -0.749. The van der Waals surface area contributed by atoms with E-state index in [2.05, 4.69) is 0 Å². The van der Waals surface area contributed by atoms with Crippen molar-refractivity contribution in [2.75, 3.05) is 0 Å². The first-order chi connectivity index (χ1) is 15.9. The maximum atomic E-state index is 13.3. The third-order valence-corrected chi connectivity index (χ3v) is 6.32. The molecular formula is C27H24N2O4. The molecule has 1 unspecified atom stereocenters. The van der Waals surface area contributed by atoms with Gasteiger partial charge in [0.2, 0.25) is 0 Å². The monoisotopic (exact) mass is 440 g/mol. The fraction of sp³-hybridized carbons (Fsp3) is 0.185. The molecule has 1 N–H and O–H groups in total. The van der Waals surface area contributed by atoms with Gasteiger partial charge in [0.1, 0.15) is 11.5 Å². The summed E-state index contributed by atoms with van der Waals surface area (Å²) in [6.07, 6.45) is 3.46. The van der Waals surface area contributed by atoms with E-state index < -0.39 is 17.7 Å². The Labute approximate surface area is 191 Å². The first kappa shape index (κ1) is 20.8. The molecule has 33 heavy (non-hydrogen) atoms. The summed E-state index contributed by atoms with van der Waals surface area (Å²) in [6, 6.07) is 16.3. The van der Waals surface area contributed by atoms with E-state index in [9.17, 15) is 14.7 Å². The molecule has 0 aliphatic carbocycles. The SMILES string of the molecule is Cc1ccc(C)c(/C(O)=C2\C(=O)C(=O)N(Cc3ccco3)C2c2cn(C)c3ccccc23)c1. The van der Waals surface area contributed by atoms with E-state index in [0.29, 0.717) is 11.3 Å². The Morgan fingerprint density at radius 3 is 2.61 bits per heavy atom. The summed E-state index contributed by atoms with van der Waals surface area (Å²) in [5.74, 6) is -0.947. The Morgan fingerprint density at radius 2 is 1.85 bits per heavy atom. The van der Waals surface area contributed by atoms with Crippen LogP contribution >= 0.6 is 0 Å². The number of carbonyl (C=O) groups is 2. The first-order valence-electron chi connectivity index (χ1n) is 10.8. The van der Waals surface area contributed by atoms with E-state index in [0.717, 1.165) is 27.6 Å². The summed E-state index contributed by atoms with van der Waals surface area (Å²) in [5.41, 5.74) is 4.18. The number of hydrogen-bond acceptors (Lipinski definition) is 4. The van der Waals surface area contributed by atoms with E-state index in [1.807, 2.05) is 74.1 Å². The lowest BCUT2D eigenvalue weighted by Crippen LogP contribution is -2.29. The number of fused-ring (bicyclic) bond motifs is 1. The zero-order valence-corrected chi connectivity index (χ0v) is 18.7. The molecule has 6 nitrogen and oxygen atoms in total. The van der Waals surface area contributed by atoms with Crippen LogP contribution in [0, 0.1) is 13.8 Å². The highest BCUT2D eigenvalue weighted by molar-refractivity contribution is 6.46. The van der Waals surface area contributed by atoms with Gasteiger partial charge < -0.3 is 19.0 Å². The molecule has 1 fully saturated rings. The fourth-order valence-corrected chi connectivity index (χ4v) is 4.66. The number of nitrogens with zero attached hydrogens (tertiary/aromatic N) is 2. The molecule has 0 radical (unpaired) electrons. The Kier molecular flexibility index (Phi) is 4.93. The zero-order chi connectivity index (χ0) is 23.3. The third kappa shape index (κ3) is 3.35.